The normalized spacial score (nSPS) is 11.9. The summed E-state index contributed by atoms with van der Waals surface area (Å²) in [6.45, 7) is 11.0. The van der Waals surface area contributed by atoms with Gasteiger partial charge in [0.2, 0.25) is 0 Å². The van der Waals surface area contributed by atoms with Crippen LogP contribution in [0.25, 0.3) is 55.6 Å². The lowest BCUT2D eigenvalue weighted by Gasteiger charge is -2.19. The van der Waals surface area contributed by atoms with Crippen molar-refractivity contribution in [3.05, 3.63) is 243 Å². The highest BCUT2D eigenvalue weighted by Gasteiger charge is 2.41. The molecule has 0 atom stereocenters. The van der Waals surface area contributed by atoms with E-state index in [1.54, 1.807) is 0 Å². The van der Waals surface area contributed by atoms with Crippen molar-refractivity contribution in [1.82, 2.24) is 0 Å². The van der Waals surface area contributed by atoms with E-state index in [-0.39, 0.29) is 12.1 Å². The van der Waals surface area contributed by atoms with Gasteiger partial charge in [0.05, 0.1) is 55.0 Å². The lowest BCUT2D eigenvalue weighted by Crippen LogP contribution is -2.12. The molecule has 0 heterocycles. The molecule has 0 radical (unpaired) electrons. The van der Waals surface area contributed by atoms with Gasteiger partial charge in [-0.1, -0.05) is 87.1 Å². The summed E-state index contributed by atoms with van der Waals surface area (Å²) >= 11 is -0.689. The van der Waals surface area contributed by atoms with Gasteiger partial charge in [0.15, 0.2) is 186 Å². The summed E-state index contributed by atoms with van der Waals surface area (Å²) in [5.74, 6) is -84.6. The van der Waals surface area contributed by atoms with Crippen molar-refractivity contribution < 1.29 is 140 Å². The number of halogens is 32. The van der Waals surface area contributed by atoms with Gasteiger partial charge in [-0.3, -0.25) is 0 Å². The van der Waals surface area contributed by atoms with Crippen molar-refractivity contribution >= 4 is 11.8 Å². The molecule has 0 saturated heterocycles. The standard InChI is InChI=1S/C52H26F24S.C18H14F8/c1-11(2)18-30(55)40(65)23(41(66)31(18)56)22-38(63)28(53)17(29(54)39(22)64)9-14-7-15(21-36(61)46(71)25(47(72)37(21)62)24-42(67)32(57)19(12(3)4)33(58)43(24)68)10-16(8-14)77-52-50(75)48(73)27(49(74)51(52)76)26-44(69)34(59)20(13(5)6)35(60)45(26)70;1-5(2)7-11(19)15(23)9(16(24)12(7)20)10-17(25)13(21)8(6(3)4)14(22)18(10)26/h7-8,10-13H,9H2,1-6H3;5-6H,1-4H3. The zero-order valence-electron chi connectivity index (χ0n) is 53.3. The van der Waals surface area contributed by atoms with Crippen molar-refractivity contribution in [1.29, 1.82) is 0 Å². The summed E-state index contributed by atoms with van der Waals surface area (Å²) in [6.07, 6.45) is -1.80. The minimum absolute atomic E-state index is 0.163. The first kappa shape index (κ1) is 79.8. The van der Waals surface area contributed by atoms with E-state index in [0.717, 1.165) is 41.5 Å². The van der Waals surface area contributed by atoms with Gasteiger partial charge in [-0.05, 0) is 52.8 Å². The molecule has 0 N–H and O–H groups in total. The van der Waals surface area contributed by atoms with Crippen molar-refractivity contribution in [2.75, 3.05) is 0 Å². The molecule has 0 amide bonds. The van der Waals surface area contributed by atoms with E-state index >= 15 is 79.0 Å². The largest absolute Gasteiger partial charge is 0.203 e. The Balaban J connectivity index is 0.000000433. The zero-order valence-corrected chi connectivity index (χ0v) is 54.1. The molecule has 0 saturated carbocycles. The molecule has 0 aliphatic heterocycles. The molecule has 0 nitrogen and oxygen atoms in total. The van der Waals surface area contributed by atoms with Crippen LogP contribution in [0.4, 0.5) is 140 Å². The molecule has 0 aliphatic rings. The maximum absolute atomic E-state index is 16.2. The summed E-state index contributed by atoms with van der Waals surface area (Å²) in [6, 6.07) is 0.675. The maximum atomic E-state index is 16.2. The van der Waals surface area contributed by atoms with Crippen LogP contribution in [0.3, 0.4) is 0 Å². The number of hydrogen-bond donors (Lipinski definition) is 0. The zero-order chi connectivity index (χ0) is 77.9. The highest BCUT2D eigenvalue weighted by atomic mass is 32.2. The summed E-state index contributed by atoms with van der Waals surface area (Å²) < 4.78 is 486. The fourth-order valence-corrected chi connectivity index (χ4v) is 12.2. The highest BCUT2D eigenvalue weighted by Crippen LogP contribution is 2.49. The molecule has 0 unspecified atom stereocenters. The monoisotopic (exact) mass is 1520 g/mol. The quantitative estimate of drug-likeness (QED) is 0.0772. The molecule has 9 rings (SSSR count). The molecule has 33 heteroatoms. The minimum Gasteiger partial charge on any atom is -0.203 e. The fraction of sp³-hybridized carbons (Fsp3) is 0.229. The van der Waals surface area contributed by atoms with Crippen molar-refractivity contribution in [2.45, 2.75) is 115 Å². The molecule has 0 aromatic heterocycles. The topological polar surface area (TPSA) is 0 Å². The van der Waals surface area contributed by atoms with Gasteiger partial charge >= 0.3 is 0 Å². The molecule has 0 bridgehead atoms. The summed E-state index contributed by atoms with van der Waals surface area (Å²) in [4.78, 5) is -3.21. The average Bonchev–Trinajstić information content (AvgIpc) is 0.756. The Hall–Kier alpha value is -8.91. The Morgan fingerprint density at radius 1 is 0.204 bits per heavy atom. The van der Waals surface area contributed by atoms with Gasteiger partial charge in [0.1, 0.15) is 0 Å². The van der Waals surface area contributed by atoms with E-state index in [9.17, 15) is 61.5 Å². The molecular formula is C70H40F32S. The Labute approximate surface area is 564 Å². The van der Waals surface area contributed by atoms with Crippen LogP contribution < -0.4 is 0 Å². The van der Waals surface area contributed by atoms with Crippen molar-refractivity contribution in [3.8, 4) is 55.6 Å². The van der Waals surface area contributed by atoms with Crippen molar-refractivity contribution in [2.24, 2.45) is 0 Å². The highest BCUT2D eigenvalue weighted by molar-refractivity contribution is 7.99. The SMILES string of the molecule is CC(C)c1c(F)c(F)c(-c2c(F)c(F)c(C(C)C)c(F)c2F)c(F)c1F.CC(C)c1c(F)c(F)c(-c2c(F)c(F)c(Cc3cc(Sc4c(F)c(F)c(-c5c(F)c(F)c(C(C)C)c(F)c5F)c(F)c4F)cc(-c4c(F)c(F)c(-c5c(F)c(F)c(C(C)C)c(F)c5F)c(F)c4F)c3)c(F)c2F)c(F)c1F. The molecule has 9 aromatic carbocycles. The first-order valence-electron chi connectivity index (χ1n) is 29.4. The number of rotatable bonds is 14. The number of benzene rings is 9. The van der Waals surface area contributed by atoms with Gasteiger partial charge in [0, 0.05) is 44.7 Å². The molecule has 550 valence electrons. The van der Waals surface area contributed by atoms with E-state index in [1.165, 1.54) is 27.7 Å². The van der Waals surface area contributed by atoms with Crippen LogP contribution in [0.5, 0.6) is 0 Å². The van der Waals surface area contributed by atoms with E-state index in [2.05, 4.69) is 0 Å². The Kier molecular flexibility index (Phi) is 22.7. The predicted molar refractivity (Wildman–Crippen MR) is 309 cm³/mol. The summed E-state index contributed by atoms with van der Waals surface area (Å²) in [5, 5.41) is 0. The van der Waals surface area contributed by atoms with Crippen LogP contribution in [0.2, 0.25) is 0 Å². The Morgan fingerprint density at radius 2 is 0.379 bits per heavy atom. The molecule has 103 heavy (non-hydrogen) atoms. The summed E-state index contributed by atoms with van der Waals surface area (Å²) in [5.41, 5.74) is -30.6. The van der Waals surface area contributed by atoms with Gasteiger partial charge in [-0.15, -0.1) is 0 Å². The van der Waals surface area contributed by atoms with E-state index < -0.39 is 338 Å². The van der Waals surface area contributed by atoms with E-state index in [1.807, 2.05) is 0 Å². The van der Waals surface area contributed by atoms with Crippen LogP contribution in [0.15, 0.2) is 28.0 Å². The first-order valence-corrected chi connectivity index (χ1v) is 30.2. The molecule has 9 aromatic rings. The Bertz CT molecular complexity index is 4580. The third kappa shape index (κ3) is 13.1. The van der Waals surface area contributed by atoms with Gasteiger partial charge in [0.25, 0.3) is 0 Å². The second-order valence-corrected chi connectivity index (χ2v) is 25.3. The van der Waals surface area contributed by atoms with E-state index in [4.69, 9.17) is 0 Å². The smallest absolute Gasteiger partial charge is 0.176 e. The van der Waals surface area contributed by atoms with Crippen LogP contribution in [0.1, 0.15) is 138 Å². The Morgan fingerprint density at radius 3 is 0.583 bits per heavy atom. The molecule has 0 fully saturated rings. The molecule has 0 spiro atoms. The van der Waals surface area contributed by atoms with Crippen LogP contribution in [0, 0.1) is 186 Å². The van der Waals surface area contributed by atoms with Gasteiger partial charge in [-0.25, -0.2) is 140 Å². The van der Waals surface area contributed by atoms with Crippen LogP contribution in [-0.2, 0) is 6.42 Å². The fourth-order valence-electron chi connectivity index (χ4n) is 11.2. The third-order valence-electron chi connectivity index (χ3n) is 16.1. The van der Waals surface area contributed by atoms with Crippen molar-refractivity contribution in [3.63, 3.8) is 0 Å². The van der Waals surface area contributed by atoms with E-state index in [0.29, 0.717) is 6.07 Å². The second-order valence-electron chi connectivity index (χ2n) is 24.2. The first-order chi connectivity index (χ1) is 47.7. The number of hydrogen-bond acceptors (Lipinski definition) is 1. The lowest BCUT2D eigenvalue weighted by atomic mass is 9.91. The van der Waals surface area contributed by atoms with Gasteiger partial charge in [-0.2, -0.15) is 0 Å². The lowest BCUT2D eigenvalue weighted by molar-refractivity contribution is 0.418. The maximum Gasteiger partial charge on any atom is 0.176 e. The van der Waals surface area contributed by atoms with Gasteiger partial charge < -0.3 is 0 Å². The average molecular weight is 1520 g/mol. The van der Waals surface area contributed by atoms with Crippen LogP contribution in [-0.4, -0.2) is 0 Å². The minimum atomic E-state index is -2.87. The van der Waals surface area contributed by atoms with Crippen LogP contribution >= 0.6 is 11.8 Å². The molecule has 0 aliphatic carbocycles. The summed E-state index contributed by atoms with van der Waals surface area (Å²) in [7, 11) is 0. The predicted octanol–water partition coefficient (Wildman–Crippen LogP) is 25.5. The second kappa shape index (κ2) is 29.3. The molecular weight excluding hydrogens is 1480 g/mol. The third-order valence-corrected chi connectivity index (χ3v) is 17.1.